The largest absolute Gasteiger partial charge is 1.00 e. The van der Waals surface area contributed by atoms with Crippen molar-refractivity contribution in [3.05, 3.63) is 24.3 Å². The van der Waals surface area contributed by atoms with E-state index in [2.05, 4.69) is 6.07 Å². The van der Waals surface area contributed by atoms with E-state index in [1.165, 1.54) is 12.1 Å². The molecule has 0 aliphatic rings. The van der Waals surface area contributed by atoms with E-state index in [1.807, 2.05) is 0 Å². The van der Waals surface area contributed by atoms with Crippen molar-refractivity contribution in [2.45, 2.75) is 11.0 Å². The van der Waals surface area contributed by atoms with Gasteiger partial charge in [-0.1, -0.05) is 0 Å². The summed E-state index contributed by atoms with van der Waals surface area (Å²) in [6.45, 7) is -0.775. The summed E-state index contributed by atoms with van der Waals surface area (Å²) < 4.78 is 35.6. The van der Waals surface area contributed by atoms with Crippen molar-refractivity contribution in [1.82, 2.24) is 0 Å². The third-order valence-corrected chi connectivity index (χ3v) is 2.58. The van der Waals surface area contributed by atoms with Crippen LogP contribution in [0.1, 0.15) is 0 Å². The second-order valence-corrected chi connectivity index (χ2v) is 4.39. The summed E-state index contributed by atoms with van der Waals surface area (Å²) in [6.07, 6.45) is -1.11. The zero-order valence-electron chi connectivity index (χ0n) is 9.20. The van der Waals surface area contributed by atoms with E-state index in [9.17, 15) is 8.42 Å². The van der Waals surface area contributed by atoms with Gasteiger partial charge in [0.2, 0.25) is 10.1 Å². The molecule has 3 N–H and O–H groups in total. The van der Waals surface area contributed by atoms with Crippen molar-refractivity contribution in [1.29, 1.82) is 0 Å². The fourth-order valence-corrected chi connectivity index (χ4v) is 1.56. The Bertz CT molecular complexity index is 447. The van der Waals surface area contributed by atoms with Crippen molar-refractivity contribution in [2.24, 2.45) is 0 Å². The van der Waals surface area contributed by atoms with Gasteiger partial charge in [0.25, 0.3) is 0 Å². The van der Waals surface area contributed by atoms with Crippen LogP contribution in [0.15, 0.2) is 23.1 Å². The molecule has 0 aromatic heterocycles. The van der Waals surface area contributed by atoms with Crippen molar-refractivity contribution in [2.75, 3.05) is 13.2 Å². The maximum Gasteiger partial charge on any atom is 1.00 e. The molecule has 0 saturated carbocycles. The Morgan fingerprint density at radius 1 is 1.47 bits per heavy atom. The number of aliphatic hydroxyl groups excluding tert-OH is 2. The van der Waals surface area contributed by atoms with Crippen LogP contribution in [0.5, 0.6) is 5.75 Å². The predicted octanol–water partition coefficient (Wildman–Crippen LogP) is -3.53. The number of hydrogen-bond acceptors (Lipinski definition) is 5. The number of ether oxygens (including phenoxy) is 1. The summed E-state index contributed by atoms with van der Waals surface area (Å²) in [7, 11) is -4.39. The molecular weight excluding hydrogens is 243 g/mol. The molecule has 8 heteroatoms. The third kappa shape index (κ3) is 5.08. The first kappa shape index (κ1) is 16.4. The van der Waals surface area contributed by atoms with E-state index in [-0.39, 0.29) is 31.2 Å². The Balaban J connectivity index is 0.00000256. The van der Waals surface area contributed by atoms with Gasteiger partial charge in [0.05, 0.1) is 6.61 Å². The van der Waals surface area contributed by atoms with E-state index in [0.29, 0.717) is 0 Å². The molecule has 1 atom stereocenters. The molecule has 0 fully saturated rings. The van der Waals surface area contributed by atoms with Crippen LogP contribution >= 0.6 is 0 Å². The van der Waals surface area contributed by atoms with Crippen LogP contribution in [0.25, 0.3) is 0 Å². The minimum absolute atomic E-state index is 0. The fraction of sp³-hybridized carbons (Fsp3) is 0.333. The van der Waals surface area contributed by atoms with Crippen LogP contribution in [0.2, 0.25) is 0 Å². The first-order valence-electron chi connectivity index (χ1n) is 4.34. The number of rotatable bonds is 5. The summed E-state index contributed by atoms with van der Waals surface area (Å²) >= 11 is 0. The molecule has 0 amide bonds. The molecule has 1 aromatic carbocycles. The van der Waals surface area contributed by atoms with Crippen LogP contribution in [-0.4, -0.2) is 42.5 Å². The molecule has 0 spiro atoms. The van der Waals surface area contributed by atoms with Gasteiger partial charge in [-0.05, 0) is 0 Å². The van der Waals surface area contributed by atoms with Crippen LogP contribution in [0.4, 0.5) is 0 Å². The molecule has 6 nitrogen and oxygen atoms in total. The van der Waals surface area contributed by atoms with Gasteiger partial charge in [-0.25, -0.2) is 8.42 Å². The van der Waals surface area contributed by atoms with E-state index < -0.39 is 27.7 Å². The van der Waals surface area contributed by atoms with Crippen molar-refractivity contribution < 1.29 is 46.8 Å². The quantitative estimate of drug-likeness (QED) is 0.286. The SMILES string of the molecule is O=S(=O)(O)c1c[c-]ccc1OCC(O)CO.[Li+]. The maximum atomic E-state index is 10.9. The van der Waals surface area contributed by atoms with Crippen LogP contribution in [0, 0.1) is 6.07 Å². The van der Waals surface area contributed by atoms with Gasteiger partial charge in [0, 0.05) is 10.6 Å². The second-order valence-electron chi connectivity index (χ2n) is 3.00. The summed E-state index contributed by atoms with van der Waals surface area (Å²) in [5.41, 5.74) is 0. The molecule has 0 heterocycles. The third-order valence-electron chi connectivity index (χ3n) is 1.71. The number of hydrogen-bond donors (Lipinski definition) is 3. The van der Waals surface area contributed by atoms with Gasteiger partial charge in [0.1, 0.15) is 12.7 Å². The van der Waals surface area contributed by atoms with Gasteiger partial charge in [0.15, 0.2) is 0 Å². The Hall–Kier alpha value is -0.553. The topological polar surface area (TPSA) is 104 Å². The molecule has 90 valence electrons. The van der Waals surface area contributed by atoms with E-state index in [1.54, 1.807) is 0 Å². The molecule has 1 rings (SSSR count). The smallest absolute Gasteiger partial charge is 0.515 e. The monoisotopic (exact) mass is 254 g/mol. The zero-order valence-corrected chi connectivity index (χ0v) is 10.0. The minimum atomic E-state index is -4.39. The molecule has 0 bridgehead atoms. The number of benzene rings is 1. The molecule has 0 radical (unpaired) electrons. The Morgan fingerprint density at radius 2 is 2.12 bits per heavy atom. The Kier molecular flexibility index (Phi) is 6.78. The van der Waals surface area contributed by atoms with Crippen LogP contribution < -0.4 is 23.6 Å². The fourth-order valence-electron chi connectivity index (χ4n) is 0.960. The first-order valence-corrected chi connectivity index (χ1v) is 5.78. The summed E-state index contributed by atoms with van der Waals surface area (Å²) in [5.74, 6) is -0.103. The first-order chi connectivity index (χ1) is 7.45. The predicted molar refractivity (Wildman–Crippen MR) is 53.7 cm³/mol. The summed E-state index contributed by atoms with van der Waals surface area (Å²) in [5, 5.41) is 17.6. The van der Waals surface area contributed by atoms with Gasteiger partial charge >= 0.3 is 18.9 Å². The van der Waals surface area contributed by atoms with Gasteiger partial charge in [-0.3, -0.25) is 4.55 Å². The van der Waals surface area contributed by atoms with E-state index in [0.717, 1.165) is 6.07 Å². The van der Waals surface area contributed by atoms with E-state index >= 15 is 0 Å². The minimum Gasteiger partial charge on any atom is -0.515 e. The standard InChI is InChI=1S/C9H11O6S.Li/c10-5-7(11)6-15-8-3-1-2-4-9(8)16(12,13)14;/h1,3-4,7,10-11H,5-6H2,(H,12,13,14);/q-1;+1. The molecule has 1 unspecified atom stereocenters. The zero-order chi connectivity index (χ0) is 12.2. The average molecular weight is 254 g/mol. The molecule has 0 aliphatic carbocycles. The Labute approximate surface area is 111 Å². The van der Waals surface area contributed by atoms with Crippen LogP contribution in [0.3, 0.4) is 0 Å². The molecular formula is C9H11LiO6S. The van der Waals surface area contributed by atoms with Crippen molar-refractivity contribution in [3.63, 3.8) is 0 Å². The molecule has 1 aromatic rings. The number of aliphatic hydroxyl groups is 2. The molecule has 0 saturated heterocycles. The van der Waals surface area contributed by atoms with Gasteiger partial charge in [-0.15, -0.1) is 6.07 Å². The summed E-state index contributed by atoms with van der Waals surface area (Å²) in [4.78, 5) is -0.430. The molecule has 0 aliphatic heterocycles. The molecule has 17 heavy (non-hydrogen) atoms. The summed E-state index contributed by atoms with van der Waals surface area (Å²) in [6, 6.07) is 6.21. The van der Waals surface area contributed by atoms with Crippen LogP contribution in [-0.2, 0) is 10.1 Å². The van der Waals surface area contributed by atoms with Crippen molar-refractivity contribution >= 4 is 10.1 Å². The maximum absolute atomic E-state index is 10.9. The normalized spacial score (nSPS) is 12.6. The second kappa shape index (κ2) is 7.01. The van der Waals surface area contributed by atoms with Gasteiger partial charge < -0.3 is 14.9 Å². The average Bonchev–Trinajstić information content (AvgIpc) is 2.25. The van der Waals surface area contributed by atoms with Gasteiger partial charge in [-0.2, -0.15) is 18.2 Å². The Morgan fingerprint density at radius 3 is 2.65 bits per heavy atom. The van der Waals surface area contributed by atoms with Crippen molar-refractivity contribution in [3.8, 4) is 5.75 Å². The van der Waals surface area contributed by atoms with E-state index in [4.69, 9.17) is 19.5 Å².